The fraction of sp³-hybridized carbons (Fsp3) is 0.533. The molecule has 1 aromatic carbocycles. The van der Waals surface area contributed by atoms with E-state index in [0.717, 1.165) is 31.4 Å². The van der Waals surface area contributed by atoms with Crippen LogP contribution < -0.4 is 5.32 Å². The van der Waals surface area contributed by atoms with Crippen molar-refractivity contribution in [3.8, 4) is 0 Å². The Morgan fingerprint density at radius 1 is 1.40 bits per heavy atom. The maximum absolute atomic E-state index is 11.2. The molecule has 1 fully saturated rings. The van der Waals surface area contributed by atoms with E-state index in [1.54, 1.807) is 0 Å². The Morgan fingerprint density at radius 2 is 2.10 bits per heavy atom. The van der Waals surface area contributed by atoms with E-state index in [1.165, 1.54) is 0 Å². The Labute approximate surface area is 129 Å². The third-order valence-electron chi connectivity index (χ3n) is 3.96. The quantitative estimate of drug-likeness (QED) is 0.814. The van der Waals surface area contributed by atoms with Gasteiger partial charge in [0.2, 0.25) is 0 Å². The number of aliphatic carboxylic acids is 1. The summed E-state index contributed by atoms with van der Waals surface area (Å²) in [7, 11) is 0. The first-order valence-corrected chi connectivity index (χ1v) is 7.72. The Bertz CT molecular complexity index is 450. The van der Waals surface area contributed by atoms with Gasteiger partial charge in [0.1, 0.15) is 0 Å². The van der Waals surface area contributed by atoms with Crippen molar-refractivity contribution in [2.75, 3.05) is 13.1 Å². The summed E-state index contributed by atoms with van der Waals surface area (Å²) in [6.07, 6.45) is 2.54. The highest BCUT2D eigenvalue weighted by Crippen LogP contribution is 2.32. The highest BCUT2D eigenvalue weighted by molar-refractivity contribution is 6.30. The van der Waals surface area contributed by atoms with E-state index in [9.17, 15) is 9.90 Å². The average molecular weight is 316 g/mol. The molecule has 1 aliphatic heterocycles. The number of piperidine rings is 1. The highest BCUT2D eigenvalue weighted by atomic mass is 35.5. The molecule has 0 bridgehead atoms. The van der Waals surface area contributed by atoms with Crippen LogP contribution in [0.4, 0.5) is 0 Å². The van der Waals surface area contributed by atoms with Crippen LogP contribution in [-0.4, -0.2) is 24.2 Å². The number of benzene rings is 1. The Morgan fingerprint density at radius 3 is 2.75 bits per heavy atom. The fourth-order valence-electron chi connectivity index (χ4n) is 2.75. The van der Waals surface area contributed by atoms with Crippen molar-refractivity contribution in [3.63, 3.8) is 0 Å². The summed E-state index contributed by atoms with van der Waals surface area (Å²) in [5.74, 6) is -0.792. The normalized spacial score (nSPS) is 24.3. The molecule has 3 unspecified atom stereocenters. The van der Waals surface area contributed by atoms with Gasteiger partial charge in [0.15, 0.2) is 0 Å². The molecule has 1 heterocycles. The smallest absolute Gasteiger partial charge is 0.308 e. The van der Waals surface area contributed by atoms with Crippen LogP contribution in [-0.2, 0) is 4.79 Å². The Kier molecular flexibility index (Phi) is 5.70. The summed E-state index contributed by atoms with van der Waals surface area (Å²) in [5.41, 5.74) is 1.04. The topological polar surface area (TPSA) is 49.3 Å². The average Bonchev–Trinajstić information content (AvgIpc) is 2.45. The molecule has 5 heteroatoms. The minimum atomic E-state index is -0.709. The van der Waals surface area contributed by atoms with Gasteiger partial charge in [-0.3, -0.25) is 4.79 Å². The molecule has 0 radical (unpaired) electrons. The molecule has 2 N–H and O–H groups in total. The van der Waals surface area contributed by atoms with Gasteiger partial charge in [-0.15, -0.1) is 11.6 Å². The first-order chi connectivity index (χ1) is 9.58. The number of carboxylic acids is 1. The second-order valence-corrected chi connectivity index (χ2v) is 6.26. The summed E-state index contributed by atoms with van der Waals surface area (Å²) < 4.78 is 0. The van der Waals surface area contributed by atoms with Gasteiger partial charge in [0.25, 0.3) is 0 Å². The van der Waals surface area contributed by atoms with E-state index >= 15 is 0 Å². The molecule has 1 saturated heterocycles. The van der Waals surface area contributed by atoms with Crippen LogP contribution in [0.15, 0.2) is 24.3 Å². The molecule has 0 aliphatic carbocycles. The van der Waals surface area contributed by atoms with Gasteiger partial charge in [-0.1, -0.05) is 23.7 Å². The predicted molar refractivity (Wildman–Crippen MR) is 81.4 cm³/mol. The third kappa shape index (κ3) is 4.11. The van der Waals surface area contributed by atoms with Crippen molar-refractivity contribution >= 4 is 29.2 Å². The molecule has 0 amide bonds. The van der Waals surface area contributed by atoms with Crippen LogP contribution in [0.5, 0.6) is 0 Å². The van der Waals surface area contributed by atoms with E-state index in [0.29, 0.717) is 11.6 Å². The molecule has 2 rings (SSSR count). The largest absolute Gasteiger partial charge is 0.481 e. The number of hydrogen-bond acceptors (Lipinski definition) is 2. The molecule has 0 aromatic heterocycles. The predicted octanol–water partition coefficient (Wildman–Crippen LogP) is 3.71. The molecule has 110 valence electrons. The van der Waals surface area contributed by atoms with E-state index in [4.69, 9.17) is 23.2 Å². The molecular weight excluding hydrogens is 297 g/mol. The molecule has 0 spiro atoms. The zero-order valence-electron chi connectivity index (χ0n) is 11.2. The van der Waals surface area contributed by atoms with E-state index in [2.05, 4.69) is 5.32 Å². The van der Waals surface area contributed by atoms with Crippen molar-refractivity contribution in [1.29, 1.82) is 0 Å². The second kappa shape index (κ2) is 7.30. The number of carboxylic acid groups (broad SMARTS) is 1. The first kappa shape index (κ1) is 15.6. The van der Waals surface area contributed by atoms with Crippen molar-refractivity contribution in [2.24, 2.45) is 11.8 Å². The standard InChI is InChI=1S/C15H19Cl2NO2/c16-12-4-1-11(2-5-12)14(17)6-3-10-7-8-18-9-13(10)15(19)20/h1-2,4-5,10,13-14,18H,3,6-9H2,(H,19,20). The maximum Gasteiger partial charge on any atom is 0.308 e. The van der Waals surface area contributed by atoms with Crippen molar-refractivity contribution in [3.05, 3.63) is 34.9 Å². The van der Waals surface area contributed by atoms with Gasteiger partial charge >= 0.3 is 5.97 Å². The summed E-state index contributed by atoms with van der Waals surface area (Å²) in [6, 6.07) is 7.52. The van der Waals surface area contributed by atoms with Gasteiger partial charge < -0.3 is 10.4 Å². The van der Waals surface area contributed by atoms with Crippen molar-refractivity contribution in [1.82, 2.24) is 5.32 Å². The number of rotatable bonds is 5. The zero-order chi connectivity index (χ0) is 14.5. The number of nitrogens with one attached hydrogen (secondary N) is 1. The van der Waals surface area contributed by atoms with Gasteiger partial charge in [-0.05, 0) is 49.4 Å². The molecule has 1 aromatic rings. The molecule has 20 heavy (non-hydrogen) atoms. The second-order valence-electron chi connectivity index (χ2n) is 5.29. The number of alkyl halides is 1. The SMILES string of the molecule is O=C(O)C1CNCCC1CCC(Cl)c1ccc(Cl)cc1. The lowest BCUT2D eigenvalue weighted by molar-refractivity contribution is -0.144. The Hall–Kier alpha value is -0.770. The third-order valence-corrected chi connectivity index (χ3v) is 4.69. The molecule has 1 aliphatic rings. The maximum atomic E-state index is 11.2. The van der Waals surface area contributed by atoms with Gasteiger partial charge in [-0.2, -0.15) is 0 Å². The molecule has 3 nitrogen and oxygen atoms in total. The molecular formula is C15H19Cl2NO2. The van der Waals surface area contributed by atoms with E-state index in [-0.39, 0.29) is 17.2 Å². The molecule has 0 saturated carbocycles. The summed E-state index contributed by atoms with van der Waals surface area (Å²) in [4.78, 5) is 11.2. The minimum Gasteiger partial charge on any atom is -0.481 e. The van der Waals surface area contributed by atoms with Crippen LogP contribution in [0.2, 0.25) is 5.02 Å². The fourth-order valence-corrected chi connectivity index (χ4v) is 3.14. The minimum absolute atomic E-state index is 0.0865. The van der Waals surface area contributed by atoms with Crippen molar-refractivity contribution in [2.45, 2.75) is 24.6 Å². The first-order valence-electron chi connectivity index (χ1n) is 6.91. The van der Waals surface area contributed by atoms with Crippen LogP contribution in [0.1, 0.15) is 30.2 Å². The van der Waals surface area contributed by atoms with Crippen LogP contribution in [0.25, 0.3) is 0 Å². The monoisotopic (exact) mass is 315 g/mol. The Balaban J connectivity index is 1.90. The van der Waals surface area contributed by atoms with Crippen LogP contribution in [0.3, 0.4) is 0 Å². The van der Waals surface area contributed by atoms with Gasteiger partial charge in [0, 0.05) is 11.6 Å². The number of carbonyl (C=O) groups is 1. The van der Waals surface area contributed by atoms with Crippen LogP contribution in [0, 0.1) is 11.8 Å². The van der Waals surface area contributed by atoms with E-state index in [1.807, 2.05) is 24.3 Å². The van der Waals surface area contributed by atoms with Gasteiger partial charge in [-0.25, -0.2) is 0 Å². The van der Waals surface area contributed by atoms with Gasteiger partial charge in [0.05, 0.1) is 11.3 Å². The number of hydrogen-bond donors (Lipinski definition) is 2. The summed E-state index contributed by atoms with van der Waals surface area (Å²) in [6.45, 7) is 1.45. The lowest BCUT2D eigenvalue weighted by atomic mass is 9.82. The molecule has 3 atom stereocenters. The summed E-state index contributed by atoms with van der Waals surface area (Å²) >= 11 is 12.3. The zero-order valence-corrected chi connectivity index (χ0v) is 12.7. The van der Waals surface area contributed by atoms with Crippen LogP contribution >= 0.6 is 23.2 Å². The lowest BCUT2D eigenvalue weighted by Crippen LogP contribution is -2.40. The number of halogens is 2. The van der Waals surface area contributed by atoms with Crippen molar-refractivity contribution < 1.29 is 9.90 Å². The van der Waals surface area contributed by atoms with E-state index < -0.39 is 5.97 Å². The summed E-state index contributed by atoms with van der Waals surface area (Å²) in [5, 5.41) is 13.0. The highest BCUT2D eigenvalue weighted by Gasteiger charge is 2.30. The lowest BCUT2D eigenvalue weighted by Gasteiger charge is -2.29.